The summed E-state index contributed by atoms with van der Waals surface area (Å²) in [5.41, 5.74) is 6.42. The first-order valence-electron chi connectivity index (χ1n) is 11.5. The zero-order valence-corrected chi connectivity index (χ0v) is 19.6. The third-order valence-corrected chi connectivity index (χ3v) is 6.57. The van der Waals surface area contributed by atoms with Gasteiger partial charge in [0.15, 0.2) is 0 Å². The normalized spacial score (nSPS) is 18.4. The Kier molecular flexibility index (Phi) is 7.19. The molecule has 3 N–H and O–H groups in total. The van der Waals surface area contributed by atoms with Crippen LogP contribution in [0.25, 0.3) is 11.1 Å². The van der Waals surface area contributed by atoms with Crippen LogP contribution in [0.5, 0.6) is 0 Å². The highest BCUT2D eigenvalue weighted by atomic mass is 19.1. The summed E-state index contributed by atoms with van der Waals surface area (Å²) in [6.07, 6.45) is 0.132. The van der Waals surface area contributed by atoms with Crippen molar-refractivity contribution in [2.75, 3.05) is 13.1 Å². The molecular weight excluding hydrogens is 471 g/mol. The van der Waals surface area contributed by atoms with Gasteiger partial charge in [-0.2, -0.15) is 0 Å². The van der Waals surface area contributed by atoms with Crippen molar-refractivity contribution in [3.8, 4) is 11.1 Å². The largest absolute Gasteiger partial charge is 0.438 e. The fraction of sp³-hybridized carbons (Fsp3) is 0.259. The van der Waals surface area contributed by atoms with Gasteiger partial charge >= 0.3 is 12.1 Å². The topological polar surface area (TPSA) is 84.7 Å². The number of carbonyl (C=O) groups is 2. The molecule has 0 aromatic heterocycles. The molecule has 9 heteroatoms. The molecule has 1 saturated heterocycles. The van der Waals surface area contributed by atoms with Crippen LogP contribution >= 0.6 is 0 Å². The molecule has 3 aromatic carbocycles. The maximum absolute atomic E-state index is 14.1. The molecule has 4 rings (SSSR count). The van der Waals surface area contributed by atoms with Crippen molar-refractivity contribution < 1.29 is 27.5 Å². The van der Waals surface area contributed by atoms with Crippen molar-refractivity contribution in [1.82, 2.24) is 10.2 Å². The van der Waals surface area contributed by atoms with Gasteiger partial charge in [-0.1, -0.05) is 36.4 Å². The Hall–Kier alpha value is -4.01. The lowest BCUT2D eigenvalue weighted by atomic mass is 9.85. The van der Waals surface area contributed by atoms with Crippen LogP contribution in [0.4, 0.5) is 22.8 Å². The lowest BCUT2D eigenvalue weighted by molar-refractivity contribution is -0.0646. The minimum Gasteiger partial charge on any atom is -0.438 e. The van der Waals surface area contributed by atoms with Crippen LogP contribution in [-0.2, 0) is 10.3 Å². The number of rotatable bonds is 7. The van der Waals surface area contributed by atoms with Crippen LogP contribution in [0.2, 0.25) is 0 Å². The van der Waals surface area contributed by atoms with E-state index >= 15 is 0 Å². The van der Waals surface area contributed by atoms with Gasteiger partial charge in [0, 0.05) is 37.6 Å². The van der Waals surface area contributed by atoms with Crippen LogP contribution in [0.3, 0.4) is 0 Å². The summed E-state index contributed by atoms with van der Waals surface area (Å²) in [5.74, 6) is -1.71. The Morgan fingerprint density at radius 3 is 2.33 bits per heavy atom. The second-order valence-corrected chi connectivity index (χ2v) is 8.78. The van der Waals surface area contributed by atoms with E-state index in [2.05, 4.69) is 5.32 Å². The predicted octanol–water partition coefficient (Wildman–Crippen LogP) is 5.63. The number of cyclic esters (lactones) is 1. The van der Waals surface area contributed by atoms with E-state index in [0.29, 0.717) is 24.1 Å². The Balaban J connectivity index is 1.51. The number of hydrogen-bond acceptors (Lipinski definition) is 3. The number of nitrogens with two attached hydrogens (primary N) is 1. The summed E-state index contributed by atoms with van der Waals surface area (Å²) in [6.45, 7) is 2.38. The van der Waals surface area contributed by atoms with E-state index in [4.69, 9.17) is 10.5 Å². The highest BCUT2D eigenvalue weighted by Gasteiger charge is 2.43. The third-order valence-electron chi connectivity index (χ3n) is 6.57. The zero-order valence-electron chi connectivity index (χ0n) is 19.6. The summed E-state index contributed by atoms with van der Waals surface area (Å²) in [4.78, 5) is 25.9. The second kappa shape index (κ2) is 10.3. The number of ether oxygens (including phenoxy) is 1. The summed E-state index contributed by atoms with van der Waals surface area (Å²) in [7, 11) is 0. The summed E-state index contributed by atoms with van der Waals surface area (Å²) in [6, 6.07) is 15.1. The molecular formula is C27H26F3N3O3. The number of primary amides is 1. The molecule has 1 aliphatic rings. The van der Waals surface area contributed by atoms with Crippen molar-refractivity contribution in [3.63, 3.8) is 0 Å². The summed E-state index contributed by atoms with van der Waals surface area (Å²) < 4.78 is 46.8. The Labute approximate surface area is 206 Å². The van der Waals surface area contributed by atoms with E-state index in [1.54, 1.807) is 41.3 Å². The van der Waals surface area contributed by atoms with Gasteiger partial charge < -0.3 is 20.7 Å². The zero-order chi connectivity index (χ0) is 25.9. The van der Waals surface area contributed by atoms with Crippen LogP contribution in [-0.4, -0.2) is 30.1 Å². The molecule has 36 heavy (non-hydrogen) atoms. The molecule has 0 saturated carbocycles. The molecule has 0 radical (unpaired) electrons. The van der Waals surface area contributed by atoms with Gasteiger partial charge in [0.1, 0.15) is 23.1 Å². The summed E-state index contributed by atoms with van der Waals surface area (Å²) in [5, 5.41) is 2.51. The van der Waals surface area contributed by atoms with E-state index in [9.17, 15) is 22.8 Å². The number of hydrogen-bond donors (Lipinski definition) is 2. The molecule has 0 aliphatic carbocycles. The van der Waals surface area contributed by atoms with Gasteiger partial charge in [0.25, 0.3) is 0 Å². The second-order valence-electron chi connectivity index (χ2n) is 8.78. The van der Waals surface area contributed by atoms with Gasteiger partial charge in [0.05, 0.1) is 6.04 Å². The van der Waals surface area contributed by atoms with E-state index in [-0.39, 0.29) is 24.6 Å². The Morgan fingerprint density at radius 1 is 1.06 bits per heavy atom. The van der Waals surface area contributed by atoms with Crippen molar-refractivity contribution in [2.24, 2.45) is 5.73 Å². The van der Waals surface area contributed by atoms with Crippen molar-refractivity contribution in [2.45, 2.75) is 31.4 Å². The Bertz CT molecular complexity index is 1250. The van der Waals surface area contributed by atoms with Gasteiger partial charge in [0.2, 0.25) is 0 Å². The highest BCUT2D eigenvalue weighted by Crippen LogP contribution is 2.39. The molecule has 0 bridgehead atoms. The number of urea groups is 1. The van der Waals surface area contributed by atoms with Crippen LogP contribution in [0.15, 0.2) is 66.7 Å². The molecule has 0 unspecified atom stereocenters. The number of halogens is 3. The standard InChI is InChI=1S/C27H26F3N3O3/c1-17(18-2-4-19(5-3-18)23-11-10-22(29)16-24(23)30)33-15-13-27(36-26(33)35,12-14-32-25(31)34)20-6-8-21(28)9-7-20/h2-11,16-17H,12-15H2,1H3,(H3,31,32,34)/t17-,27-/m0/s1. The number of nitrogens with zero attached hydrogens (tertiary/aromatic N) is 1. The van der Waals surface area contributed by atoms with E-state index in [0.717, 1.165) is 11.6 Å². The average Bonchev–Trinajstić information content (AvgIpc) is 2.84. The van der Waals surface area contributed by atoms with E-state index in [1.807, 2.05) is 6.92 Å². The maximum Gasteiger partial charge on any atom is 0.411 e. The molecule has 3 aromatic rings. The average molecular weight is 498 g/mol. The SMILES string of the molecule is C[C@@H](c1ccc(-c2ccc(F)cc2F)cc1)N1CC[C@@](CCNC(N)=O)(c2ccc(F)cc2)OC1=O. The highest BCUT2D eigenvalue weighted by molar-refractivity contribution is 5.72. The molecule has 1 heterocycles. The first kappa shape index (κ1) is 25.1. The lowest BCUT2D eigenvalue weighted by Gasteiger charge is -2.43. The molecule has 3 amide bonds. The monoisotopic (exact) mass is 497 g/mol. The smallest absolute Gasteiger partial charge is 0.411 e. The quantitative estimate of drug-likeness (QED) is 0.444. The molecule has 1 aliphatic heterocycles. The first-order valence-corrected chi connectivity index (χ1v) is 11.5. The summed E-state index contributed by atoms with van der Waals surface area (Å²) >= 11 is 0. The number of benzene rings is 3. The fourth-order valence-corrected chi connectivity index (χ4v) is 4.53. The lowest BCUT2D eigenvalue weighted by Crippen LogP contribution is -2.50. The van der Waals surface area contributed by atoms with Gasteiger partial charge in [-0.3, -0.25) is 0 Å². The predicted molar refractivity (Wildman–Crippen MR) is 128 cm³/mol. The molecule has 6 nitrogen and oxygen atoms in total. The van der Waals surface area contributed by atoms with E-state index < -0.39 is 35.2 Å². The fourth-order valence-electron chi connectivity index (χ4n) is 4.53. The minimum atomic E-state index is -1.05. The van der Waals surface area contributed by atoms with E-state index in [1.165, 1.54) is 24.3 Å². The number of carbonyl (C=O) groups excluding carboxylic acids is 2. The molecule has 188 valence electrons. The van der Waals surface area contributed by atoms with Gasteiger partial charge in [-0.15, -0.1) is 0 Å². The van der Waals surface area contributed by atoms with Crippen LogP contribution in [0.1, 0.15) is 36.9 Å². The minimum absolute atomic E-state index is 0.178. The van der Waals surface area contributed by atoms with Gasteiger partial charge in [-0.25, -0.2) is 22.8 Å². The third kappa shape index (κ3) is 5.30. The van der Waals surface area contributed by atoms with Crippen molar-refractivity contribution >= 4 is 12.1 Å². The number of nitrogens with one attached hydrogen (secondary N) is 1. The van der Waals surface area contributed by atoms with Crippen molar-refractivity contribution in [1.29, 1.82) is 0 Å². The Morgan fingerprint density at radius 2 is 1.72 bits per heavy atom. The molecule has 0 spiro atoms. The molecule has 2 atom stereocenters. The molecule has 1 fully saturated rings. The van der Waals surface area contributed by atoms with Crippen molar-refractivity contribution in [3.05, 3.63) is 95.3 Å². The maximum atomic E-state index is 14.1. The van der Waals surface area contributed by atoms with Crippen LogP contribution in [0, 0.1) is 17.5 Å². The number of amides is 3. The van der Waals surface area contributed by atoms with Gasteiger partial charge in [-0.05, 0) is 47.9 Å². The first-order chi connectivity index (χ1) is 17.2. The van der Waals surface area contributed by atoms with Crippen LogP contribution < -0.4 is 11.1 Å².